The van der Waals surface area contributed by atoms with Crippen LogP contribution < -0.4 is 5.43 Å². The number of carbonyl (C=O) groups excluding carboxylic acids is 1. The molecule has 118 valence electrons. The zero-order valence-electron chi connectivity index (χ0n) is 12.1. The molecule has 0 bridgehead atoms. The van der Waals surface area contributed by atoms with Crippen molar-refractivity contribution in [2.75, 3.05) is 6.61 Å². The number of carbonyl (C=O) groups is 1. The van der Waals surface area contributed by atoms with E-state index >= 15 is 0 Å². The van der Waals surface area contributed by atoms with Crippen molar-refractivity contribution in [3.63, 3.8) is 0 Å². The maximum absolute atomic E-state index is 11.9. The minimum atomic E-state index is -0.425. The van der Waals surface area contributed by atoms with Crippen molar-refractivity contribution in [2.24, 2.45) is 5.10 Å². The highest BCUT2D eigenvalue weighted by atomic mass is 35.5. The molecule has 0 radical (unpaired) electrons. The monoisotopic (exact) mass is 330 g/mol. The number of hydrazone groups is 1. The van der Waals surface area contributed by atoms with Crippen LogP contribution in [0.25, 0.3) is 6.08 Å². The molecule has 0 heterocycles. The summed E-state index contributed by atoms with van der Waals surface area (Å²) in [5.41, 5.74) is 4.46. The number of phenols is 1. The van der Waals surface area contributed by atoms with Crippen molar-refractivity contribution in [3.05, 3.63) is 70.3 Å². The zero-order chi connectivity index (χ0) is 16.7. The van der Waals surface area contributed by atoms with Gasteiger partial charge in [-0.3, -0.25) is 4.79 Å². The van der Waals surface area contributed by atoms with E-state index in [0.717, 1.165) is 11.1 Å². The Morgan fingerprint density at radius 3 is 2.52 bits per heavy atom. The van der Waals surface area contributed by atoms with E-state index in [1.165, 1.54) is 24.4 Å². The number of aromatic hydroxyl groups is 1. The van der Waals surface area contributed by atoms with Crippen LogP contribution in [0.4, 0.5) is 0 Å². The minimum Gasteiger partial charge on any atom is -0.506 e. The predicted octanol–water partition coefficient (Wildman–Crippen LogP) is 2.82. The quantitative estimate of drug-likeness (QED) is 0.582. The van der Waals surface area contributed by atoms with Crippen LogP contribution in [0.2, 0.25) is 5.02 Å². The third-order valence-electron chi connectivity index (χ3n) is 2.94. The average Bonchev–Trinajstić information content (AvgIpc) is 2.56. The maximum Gasteiger partial charge on any atom is 0.271 e. The standard InChI is InChI=1S/C17H15ClN2O3/c18-15-10-14(7-8-16(15)22)17(23)20-19-11-13-5-3-12(4-6-13)2-1-9-21/h1-8,10-11,21-22H,9H2,(H,20,23)/b2-1+,19-11+. The smallest absolute Gasteiger partial charge is 0.271 e. The Hall–Kier alpha value is -2.63. The van der Waals surface area contributed by atoms with E-state index in [1.807, 2.05) is 24.3 Å². The number of aliphatic hydroxyl groups excluding tert-OH is 1. The molecule has 23 heavy (non-hydrogen) atoms. The Morgan fingerprint density at radius 1 is 1.17 bits per heavy atom. The van der Waals surface area contributed by atoms with Gasteiger partial charge in [-0.1, -0.05) is 48.0 Å². The third-order valence-corrected chi connectivity index (χ3v) is 3.24. The third kappa shape index (κ3) is 4.95. The molecule has 2 aromatic carbocycles. The highest BCUT2D eigenvalue weighted by Gasteiger charge is 2.07. The number of amides is 1. The maximum atomic E-state index is 11.9. The summed E-state index contributed by atoms with van der Waals surface area (Å²) in [7, 11) is 0. The Bertz CT molecular complexity index is 740. The lowest BCUT2D eigenvalue weighted by molar-refractivity contribution is 0.0955. The molecule has 2 rings (SSSR count). The second kappa shape index (κ2) is 8.12. The molecule has 0 aliphatic carbocycles. The molecule has 0 unspecified atom stereocenters. The topological polar surface area (TPSA) is 81.9 Å². The Balaban J connectivity index is 1.96. The first-order valence-electron chi connectivity index (χ1n) is 6.79. The highest BCUT2D eigenvalue weighted by molar-refractivity contribution is 6.32. The van der Waals surface area contributed by atoms with Crippen LogP contribution in [0, 0.1) is 0 Å². The summed E-state index contributed by atoms with van der Waals surface area (Å²) in [6, 6.07) is 11.6. The first-order chi connectivity index (χ1) is 11.1. The van der Waals surface area contributed by atoms with Gasteiger partial charge in [0.25, 0.3) is 5.91 Å². The number of rotatable bonds is 5. The molecule has 0 saturated carbocycles. The van der Waals surface area contributed by atoms with Gasteiger partial charge in [-0.15, -0.1) is 0 Å². The molecule has 0 aromatic heterocycles. The largest absolute Gasteiger partial charge is 0.506 e. The average molecular weight is 331 g/mol. The first kappa shape index (κ1) is 16.7. The van der Waals surface area contributed by atoms with Crippen LogP contribution in [0.3, 0.4) is 0 Å². The van der Waals surface area contributed by atoms with E-state index in [-0.39, 0.29) is 17.4 Å². The molecule has 0 fully saturated rings. The summed E-state index contributed by atoms with van der Waals surface area (Å²) < 4.78 is 0. The second-order valence-electron chi connectivity index (χ2n) is 4.62. The number of nitrogens with one attached hydrogen (secondary N) is 1. The van der Waals surface area contributed by atoms with E-state index in [2.05, 4.69) is 10.5 Å². The molecule has 3 N–H and O–H groups in total. The van der Waals surface area contributed by atoms with E-state index < -0.39 is 5.91 Å². The zero-order valence-corrected chi connectivity index (χ0v) is 12.9. The van der Waals surface area contributed by atoms with Crippen molar-refractivity contribution in [1.82, 2.24) is 5.43 Å². The van der Waals surface area contributed by atoms with Gasteiger partial charge >= 0.3 is 0 Å². The highest BCUT2D eigenvalue weighted by Crippen LogP contribution is 2.23. The van der Waals surface area contributed by atoms with Crippen LogP contribution in [0.15, 0.2) is 53.6 Å². The molecule has 0 spiro atoms. The van der Waals surface area contributed by atoms with Crippen molar-refractivity contribution in [1.29, 1.82) is 0 Å². The van der Waals surface area contributed by atoms with Gasteiger partial charge in [-0.2, -0.15) is 5.10 Å². The van der Waals surface area contributed by atoms with Gasteiger partial charge in [-0.05, 0) is 29.3 Å². The predicted molar refractivity (Wildman–Crippen MR) is 90.7 cm³/mol. The van der Waals surface area contributed by atoms with Gasteiger partial charge < -0.3 is 10.2 Å². The van der Waals surface area contributed by atoms with Crippen LogP contribution >= 0.6 is 11.6 Å². The normalized spacial score (nSPS) is 11.2. The number of phenolic OH excluding ortho intramolecular Hbond substituents is 1. The van der Waals surface area contributed by atoms with Crippen LogP contribution in [0.5, 0.6) is 5.75 Å². The fourth-order valence-corrected chi connectivity index (χ4v) is 1.94. The minimum absolute atomic E-state index is 0.00345. The molecule has 0 aliphatic heterocycles. The molecule has 0 aliphatic rings. The fraction of sp³-hybridized carbons (Fsp3) is 0.0588. The summed E-state index contributed by atoms with van der Waals surface area (Å²) in [5.74, 6) is -0.507. The molecule has 2 aromatic rings. The number of benzene rings is 2. The molecular formula is C17H15ClN2O3. The molecule has 0 saturated heterocycles. The van der Waals surface area contributed by atoms with Crippen molar-refractivity contribution in [2.45, 2.75) is 0 Å². The summed E-state index contributed by atoms with van der Waals surface area (Å²) in [6.45, 7) is -0.00345. The Kier molecular flexibility index (Phi) is 5.91. The van der Waals surface area contributed by atoms with Crippen LogP contribution in [0.1, 0.15) is 21.5 Å². The van der Waals surface area contributed by atoms with Gasteiger partial charge in [0.2, 0.25) is 0 Å². The first-order valence-corrected chi connectivity index (χ1v) is 7.17. The van der Waals surface area contributed by atoms with Crippen LogP contribution in [-0.4, -0.2) is 28.9 Å². The van der Waals surface area contributed by atoms with Gasteiger partial charge in [0.15, 0.2) is 0 Å². The molecular weight excluding hydrogens is 316 g/mol. The van der Waals surface area contributed by atoms with Gasteiger partial charge in [0.05, 0.1) is 17.8 Å². The lowest BCUT2D eigenvalue weighted by Gasteiger charge is -2.02. The number of nitrogens with zero attached hydrogens (tertiary/aromatic N) is 1. The molecule has 0 atom stereocenters. The van der Waals surface area contributed by atoms with Crippen molar-refractivity contribution >= 4 is 29.8 Å². The summed E-state index contributed by atoms with van der Waals surface area (Å²) in [4.78, 5) is 11.9. The van der Waals surface area contributed by atoms with E-state index in [1.54, 1.807) is 12.2 Å². The van der Waals surface area contributed by atoms with Gasteiger partial charge in [0, 0.05) is 5.56 Å². The Morgan fingerprint density at radius 2 is 1.87 bits per heavy atom. The molecule has 5 nitrogen and oxygen atoms in total. The Labute approximate surface area is 138 Å². The summed E-state index contributed by atoms with van der Waals surface area (Å²) >= 11 is 5.75. The SMILES string of the molecule is O=C(N/N=C/c1ccc(/C=C/CO)cc1)c1ccc(O)c(Cl)c1. The molecule has 6 heteroatoms. The van der Waals surface area contributed by atoms with Crippen molar-refractivity contribution in [3.8, 4) is 5.75 Å². The number of aliphatic hydroxyl groups is 1. The summed E-state index contributed by atoms with van der Waals surface area (Å²) in [5, 5.41) is 22.0. The second-order valence-corrected chi connectivity index (χ2v) is 5.02. The lowest BCUT2D eigenvalue weighted by atomic mass is 10.1. The van der Waals surface area contributed by atoms with E-state index in [4.69, 9.17) is 16.7 Å². The number of hydrogen-bond acceptors (Lipinski definition) is 4. The van der Waals surface area contributed by atoms with Crippen molar-refractivity contribution < 1.29 is 15.0 Å². The summed E-state index contributed by atoms with van der Waals surface area (Å²) in [6.07, 6.45) is 4.96. The van der Waals surface area contributed by atoms with E-state index in [9.17, 15) is 9.90 Å². The fourth-order valence-electron chi connectivity index (χ4n) is 1.76. The number of halogens is 1. The van der Waals surface area contributed by atoms with Gasteiger partial charge in [-0.25, -0.2) is 5.43 Å². The lowest BCUT2D eigenvalue weighted by Crippen LogP contribution is -2.17. The van der Waals surface area contributed by atoms with E-state index in [0.29, 0.717) is 5.56 Å². The number of hydrogen-bond donors (Lipinski definition) is 3. The molecule has 1 amide bonds. The van der Waals surface area contributed by atoms with Gasteiger partial charge in [0.1, 0.15) is 5.75 Å². The van der Waals surface area contributed by atoms with Crippen LogP contribution in [-0.2, 0) is 0 Å².